The molecule has 0 bridgehead atoms. The number of halogens is 2. The maximum atomic E-state index is 12.5. The Bertz CT molecular complexity index is 578. The van der Waals surface area contributed by atoms with Gasteiger partial charge in [-0.1, -0.05) is 35.0 Å². The predicted molar refractivity (Wildman–Crippen MR) is 77.8 cm³/mol. The van der Waals surface area contributed by atoms with E-state index < -0.39 is 0 Å². The van der Waals surface area contributed by atoms with Gasteiger partial charge in [-0.25, -0.2) is 0 Å². The smallest absolute Gasteiger partial charge is 0.212 e. The van der Waals surface area contributed by atoms with Gasteiger partial charge in [-0.2, -0.15) is 5.10 Å². The van der Waals surface area contributed by atoms with Crippen molar-refractivity contribution in [3.05, 3.63) is 50.7 Å². The second-order valence-electron chi connectivity index (χ2n) is 3.90. The molecule has 0 fully saturated rings. The van der Waals surface area contributed by atoms with E-state index in [4.69, 9.17) is 0 Å². The van der Waals surface area contributed by atoms with Crippen molar-refractivity contribution in [1.82, 2.24) is 9.78 Å². The molecule has 0 N–H and O–H groups in total. The fourth-order valence-corrected chi connectivity index (χ4v) is 2.61. The molecule has 0 spiro atoms. The summed E-state index contributed by atoms with van der Waals surface area (Å²) in [6.45, 7) is 2.80. The molecule has 1 heterocycles. The minimum Gasteiger partial charge on any atom is -0.287 e. The molecule has 0 aliphatic rings. The van der Waals surface area contributed by atoms with Crippen LogP contribution in [0.15, 0.2) is 39.4 Å². The van der Waals surface area contributed by atoms with Crippen LogP contribution in [-0.4, -0.2) is 15.6 Å². The normalized spacial score (nSPS) is 10.6. The predicted octanol–water partition coefficient (Wildman–Crippen LogP) is 4.05. The summed E-state index contributed by atoms with van der Waals surface area (Å²) in [6.07, 6.45) is 2.60. The number of rotatable bonds is 4. The van der Waals surface area contributed by atoms with Crippen molar-refractivity contribution in [3.8, 4) is 0 Å². The topological polar surface area (TPSA) is 34.9 Å². The molecule has 0 saturated heterocycles. The highest BCUT2D eigenvalue weighted by Crippen LogP contribution is 2.21. The molecule has 0 atom stereocenters. The molecule has 1 aromatic heterocycles. The molecule has 5 heteroatoms. The number of carbonyl (C=O) groups is 1. The van der Waals surface area contributed by atoms with Gasteiger partial charge in [0.1, 0.15) is 5.69 Å². The highest BCUT2D eigenvalue weighted by Gasteiger charge is 2.18. The molecular formula is C13H12Br2N2O. The second-order valence-corrected chi connectivity index (χ2v) is 5.67. The van der Waals surface area contributed by atoms with Crippen molar-refractivity contribution in [1.29, 1.82) is 0 Å². The molecule has 0 aliphatic carbocycles. The SMILES string of the molecule is CCCn1ncc(Br)c1C(=O)c1cccc(Br)c1. The van der Waals surface area contributed by atoms with Gasteiger partial charge in [0.2, 0.25) is 5.78 Å². The fraction of sp³-hybridized carbons (Fsp3) is 0.231. The minimum absolute atomic E-state index is 0.0193. The number of hydrogen-bond acceptors (Lipinski definition) is 2. The average molecular weight is 372 g/mol. The first-order valence-corrected chi connectivity index (χ1v) is 7.23. The van der Waals surface area contributed by atoms with Crippen LogP contribution in [0.4, 0.5) is 0 Å². The summed E-state index contributed by atoms with van der Waals surface area (Å²) in [5.74, 6) is -0.0193. The number of hydrogen-bond donors (Lipinski definition) is 0. The van der Waals surface area contributed by atoms with Crippen LogP contribution >= 0.6 is 31.9 Å². The van der Waals surface area contributed by atoms with Gasteiger partial charge in [-0.05, 0) is 34.5 Å². The molecular weight excluding hydrogens is 360 g/mol. The third-order valence-electron chi connectivity index (χ3n) is 2.53. The first-order chi connectivity index (χ1) is 8.63. The molecule has 94 valence electrons. The van der Waals surface area contributed by atoms with Crippen LogP contribution in [0.1, 0.15) is 29.4 Å². The molecule has 0 unspecified atom stereocenters. The zero-order valence-electron chi connectivity index (χ0n) is 9.86. The Balaban J connectivity index is 2.42. The van der Waals surface area contributed by atoms with Crippen molar-refractivity contribution < 1.29 is 4.79 Å². The Hall–Kier alpha value is -0.940. The van der Waals surface area contributed by atoms with Crippen molar-refractivity contribution in [2.45, 2.75) is 19.9 Å². The molecule has 3 nitrogen and oxygen atoms in total. The van der Waals surface area contributed by atoms with E-state index in [0.717, 1.165) is 21.9 Å². The van der Waals surface area contributed by atoms with Crippen molar-refractivity contribution in [3.63, 3.8) is 0 Å². The van der Waals surface area contributed by atoms with Crippen molar-refractivity contribution in [2.75, 3.05) is 0 Å². The van der Waals surface area contributed by atoms with E-state index in [0.29, 0.717) is 11.3 Å². The minimum atomic E-state index is -0.0193. The van der Waals surface area contributed by atoms with Crippen LogP contribution in [-0.2, 0) is 6.54 Å². The number of aromatic nitrogens is 2. The number of nitrogens with zero attached hydrogens (tertiary/aromatic N) is 2. The van der Waals surface area contributed by atoms with Gasteiger partial charge >= 0.3 is 0 Å². The number of ketones is 1. The molecule has 2 aromatic rings. The Morgan fingerprint density at radius 3 is 2.83 bits per heavy atom. The maximum absolute atomic E-state index is 12.5. The molecule has 18 heavy (non-hydrogen) atoms. The van der Waals surface area contributed by atoms with Gasteiger partial charge in [0.15, 0.2) is 0 Å². The van der Waals surface area contributed by atoms with Crippen LogP contribution in [0.25, 0.3) is 0 Å². The number of carbonyl (C=O) groups excluding carboxylic acids is 1. The summed E-state index contributed by atoms with van der Waals surface area (Å²) in [7, 11) is 0. The van der Waals surface area contributed by atoms with Gasteiger partial charge in [0.05, 0.1) is 10.7 Å². The summed E-state index contributed by atoms with van der Waals surface area (Å²) in [4.78, 5) is 12.5. The molecule has 2 rings (SSSR count). The van der Waals surface area contributed by atoms with Crippen molar-refractivity contribution in [2.24, 2.45) is 0 Å². The summed E-state index contributed by atoms with van der Waals surface area (Å²) in [5, 5.41) is 4.21. The maximum Gasteiger partial charge on any atom is 0.212 e. The van der Waals surface area contributed by atoms with Crippen LogP contribution in [0.3, 0.4) is 0 Å². The lowest BCUT2D eigenvalue weighted by Gasteiger charge is -2.06. The Morgan fingerprint density at radius 1 is 1.39 bits per heavy atom. The quantitative estimate of drug-likeness (QED) is 0.760. The summed E-state index contributed by atoms with van der Waals surface area (Å²) < 4.78 is 3.37. The van der Waals surface area contributed by atoms with E-state index in [-0.39, 0.29) is 5.78 Å². The molecule has 0 saturated carbocycles. The van der Waals surface area contributed by atoms with Crippen LogP contribution < -0.4 is 0 Å². The average Bonchev–Trinajstić information content (AvgIpc) is 2.70. The Kier molecular flexibility index (Phi) is 4.35. The molecule has 1 aromatic carbocycles. The van der Waals surface area contributed by atoms with E-state index in [2.05, 4.69) is 43.9 Å². The van der Waals surface area contributed by atoms with Gasteiger partial charge in [0.25, 0.3) is 0 Å². The standard InChI is InChI=1S/C13H12Br2N2O/c1-2-6-17-12(11(15)8-16-17)13(18)9-4-3-5-10(14)7-9/h3-5,7-8H,2,6H2,1H3. The molecule has 0 amide bonds. The first-order valence-electron chi connectivity index (χ1n) is 5.65. The lowest BCUT2D eigenvalue weighted by molar-refractivity contribution is 0.102. The first kappa shape index (κ1) is 13.5. The van der Waals surface area contributed by atoms with E-state index in [9.17, 15) is 4.79 Å². The van der Waals surface area contributed by atoms with Gasteiger partial charge in [-0.15, -0.1) is 0 Å². The van der Waals surface area contributed by atoms with E-state index in [1.54, 1.807) is 10.9 Å². The van der Waals surface area contributed by atoms with E-state index in [1.165, 1.54) is 0 Å². The highest BCUT2D eigenvalue weighted by molar-refractivity contribution is 9.10. The van der Waals surface area contributed by atoms with Crippen molar-refractivity contribution >= 4 is 37.6 Å². The Labute approximate surface area is 122 Å². The monoisotopic (exact) mass is 370 g/mol. The summed E-state index contributed by atoms with van der Waals surface area (Å²) >= 11 is 6.76. The van der Waals surface area contributed by atoms with Crippen LogP contribution in [0, 0.1) is 0 Å². The third kappa shape index (κ3) is 2.72. The number of aryl methyl sites for hydroxylation is 1. The zero-order valence-corrected chi connectivity index (χ0v) is 13.0. The van der Waals surface area contributed by atoms with E-state index >= 15 is 0 Å². The molecule has 0 radical (unpaired) electrons. The summed E-state index contributed by atoms with van der Waals surface area (Å²) in [6, 6.07) is 7.38. The lowest BCUT2D eigenvalue weighted by Crippen LogP contribution is -2.12. The largest absolute Gasteiger partial charge is 0.287 e. The fourth-order valence-electron chi connectivity index (χ4n) is 1.74. The van der Waals surface area contributed by atoms with Gasteiger partial charge in [0, 0.05) is 16.6 Å². The molecule has 0 aliphatic heterocycles. The highest BCUT2D eigenvalue weighted by atomic mass is 79.9. The van der Waals surface area contributed by atoms with Gasteiger partial charge in [-0.3, -0.25) is 9.48 Å². The zero-order chi connectivity index (χ0) is 13.1. The van der Waals surface area contributed by atoms with Crippen LogP contribution in [0.5, 0.6) is 0 Å². The third-order valence-corrected chi connectivity index (χ3v) is 3.61. The van der Waals surface area contributed by atoms with Gasteiger partial charge < -0.3 is 0 Å². The summed E-state index contributed by atoms with van der Waals surface area (Å²) in [5.41, 5.74) is 1.26. The van der Waals surface area contributed by atoms with Crippen LogP contribution in [0.2, 0.25) is 0 Å². The Morgan fingerprint density at radius 2 is 2.17 bits per heavy atom. The van der Waals surface area contributed by atoms with E-state index in [1.807, 2.05) is 24.3 Å². The second kappa shape index (κ2) is 5.80. The lowest BCUT2D eigenvalue weighted by atomic mass is 10.1. The number of benzene rings is 1.